The number of aromatic nitrogens is 1. The molecule has 1 saturated heterocycles. The van der Waals surface area contributed by atoms with Gasteiger partial charge in [-0.15, -0.1) is 0 Å². The number of hydrogen-bond acceptors (Lipinski definition) is 2. The van der Waals surface area contributed by atoms with Gasteiger partial charge >= 0.3 is 0 Å². The second kappa shape index (κ2) is 4.65. The predicted molar refractivity (Wildman–Crippen MR) is 73.7 cm³/mol. The molecule has 96 valence electrons. The van der Waals surface area contributed by atoms with Crippen LogP contribution < -0.4 is 0 Å². The number of hydrogen-bond donors (Lipinski definition) is 1. The summed E-state index contributed by atoms with van der Waals surface area (Å²) in [5.41, 5.74) is 2.36. The molecule has 0 spiro atoms. The van der Waals surface area contributed by atoms with Crippen LogP contribution in [0.2, 0.25) is 0 Å². The predicted octanol–water partition coefficient (Wildman–Crippen LogP) is 2.87. The van der Waals surface area contributed by atoms with Crippen LogP contribution in [0.4, 0.5) is 0 Å². The van der Waals surface area contributed by atoms with Crippen LogP contribution in [0.25, 0.3) is 10.9 Å². The van der Waals surface area contributed by atoms with Gasteiger partial charge in [0.05, 0.1) is 5.52 Å². The molecular formula is C15H20N2O. The Balaban J connectivity index is 1.96. The molecule has 18 heavy (non-hydrogen) atoms. The van der Waals surface area contributed by atoms with Gasteiger partial charge in [0.2, 0.25) is 0 Å². The first-order valence-electron chi connectivity index (χ1n) is 6.74. The summed E-state index contributed by atoms with van der Waals surface area (Å²) >= 11 is 0. The van der Waals surface area contributed by atoms with Gasteiger partial charge < -0.3 is 9.67 Å². The molecule has 0 unspecified atom stereocenters. The zero-order valence-corrected chi connectivity index (χ0v) is 10.9. The summed E-state index contributed by atoms with van der Waals surface area (Å²) in [5.74, 6) is 0.403. The van der Waals surface area contributed by atoms with Crippen LogP contribution in [0.1, 0.15) is 24.8 Å². The number of fused-ring (bicyclic) bond motifs is 1. The zero-order valence-electron chi connectivity index (χ0n) is 10.9. The van der Waals surface area contributed by atoms with Gasteiger partial charge in [-0.3, -0.25) is 4.90 Å². The molecular weight excluding hydrogens is 224 g/mol. The van der Waals surface area contributed by atoms with Crippen LogP contribution in [0, 0.1) is 0 Å². The number of phenolic OH excluding ortho intramolecular Hbond substituents is 1. The van der Waals surface area contributed by atoms with E-state index in [2.05, 4.69) is 21.7 Å². The van der Waals surface area contributed by atoms with Crippen molar-refractivity contribution in [2.24, 2.45) is 7.05 Å². The molecule has 3 nitrogen and oxygen atoms in total. The molecule has 2 heterocycles. The highest BCUT2D eigenvalue weighted by Gasteiger charge is 2.15. The van der Waals surface area contributed by atoms with Crippen LogP contribution in [0.3, 0.4) is 0 Å². The standard InChI is InChI=1S/C15H20N2O/c1-16-10-12(11-17-8-3-2-4-9-17)15-13(16)6-5-7-14(15)18/h5-7,10,18H,2-4,8-9,11H2,1H3. The average molecular weight is 244 g/mol. The van der Waals surface area contributed by atoms with Crippen molar-refractivity contribution in [2.75, 3.05) is 13.1 Å². The van der Waals surface area contributed by atoms with Crippen molar-refractivity contribution >= 4 is 10.9 Å². The van der Waals surface area contributed by atoms with Crippen molar-refractivity contribution in [3.05, 3.63) is 30.0 Å². The minimum Gasteiger partial charge on any atom is -0.507 e. The number of piperidine rings is 1. The van der Waals surface area contributed by atoms with Gasteiger partial charge in [-0.2, -0.15) is 0 Å². The van der Waals surface area contributed by atoms with E-state index in [1.54, 1.807) is 6.07 Å². The van der Waals surface area contributed by atoms with Crippen LogP contribution in [0.15, 0.2) is 24.4 Å². The third-order valence-electron chi connectivity index (χ3n) is 3.91. The summed E-state index contributed by atoms with van der Waals surface area (Å²) in [6.45, 7) is 3.32. The lowest BCUT2D eigenvalue weighted by molar-refractivity contribution is 0.221. The van der Waals surface area contributed by atoms with Gasteiger partial charge in [-0.1, -0.05) is 12.5 Å². The van der Waals surface area contributed by atoms with Crippen LogP contribution in [-0.2, 0) is 13.6 Å². The summed E-state index contributed by atoms with van der Waals surface area (Å²) in [4.78, 5) is 2.49. The van der Waals surface area contributed by atoms with E-state index in [1.807, 2.05) is 13.1 Å². The molecule has 0 amide bonds. The monoisotopic (exact) mass is 244 g/mol. The lowest BCUT2D eigenvalue weighted by Crippen LogP contribution is -2.28. The van der Waals surface area contributed by atoms with E-state index in [0.717, 1.165) is 17.4 Å². The molecule has 1 N–H and O–H groups in total. The maximum Gasteiger partial charge on any atom is 0.125 e. The minimum absolute atomic E-state index is 0.403. The number of rotatable bonds is 2. The van der Waals surface area contributed by atoms with E-state index in [1.165, 1.54) is 37.9 Å². The summed E-state index contributed by atoms with van der Waals surface area (Å²) < 4.78 is 2.11. The number of likely N-dealkylation sites (tertiary alicyclic amines) is 1. The number of nitrogens with zero attached hydrogens (tertiary/aromatic N) is 2. The van der Waals surface area contributed by atoms with Crippen LogP contribution >= 0.6 is 0 Å². The number of phenols is 1. The molecule has 3 rings (SSSR count). The number of aryl methyl sites for hydroxylation is 1. The maximum absolute atomic E-state index is 10.1. The van der Waals surface area contributed by atoms with Gasteiger partial charge in [0.25, 0.3) is 0 Å². The molecule has 0 atom stereocenters. The quantitative estimate of drug-likeness (QED) is 0.880. The van der Waals surface area contributed by atoms with E-state index < -0.39 is 0 Å². The normalized spacial score (nSPS) is 17.4. The Kier molecular flexibility index (Phi) is 3.00. The highest BCUT2D eigenvalue weighted by atomic mass is 16.3. The highest BCUT2D eigenvalue weighted by molar-refractivity contribution is 5.89. The Bertz CT molecular complexity index is 553. The Morgan fingerprint density at radius 3 is 2.72 bits per heavy atom. The van der Waals surface area contributed by atoms with Gasteiger partial charge in [0, 0.05) is 25.2 Å². The molecule has 0 radical (unpaired) electrons. The smallest absolute Gasteiger partial charge is 0.125 e. The fraction of sp³-hybridized carbons (Fsp3) is 0.467. The number of aromatic hydroxyl groups is 1. The van der Waals surface area contributed by atoms with E-state index in [4.69, 9.17) is 0 Å². The largest absolute Gasteiger partial charge is 0.507 e. The second-order valence-electron chi connectivity index (χ2n) is 5.27. The fourth-order valence-electron chi connectivity index (χ4n) is 3.00. The second-order valence-corrected chi connectivity index (χ2v) is 5.27. The molecule has 0 saturated carbocycles. The van der Waals surface area contributed by atoms with E-state index >= 15 is 0 Å². The van der Waals surface area contributed by atoms with E-state index in [0.29, 0.717) is 5.75 Å². The van der Waals surface area contributed by atoms with Crippen molar-refractivity contribution in [3.63, 3.8) is 0 Å². The number of benzene rings is 1. The first kappa shape index (κ1) is 11.6. The molecule has 0 bridgehead atoms. The van der Waals surface area contributed by atoms with Crippen LogP contribution in [-0.4, -0.2) is 27.7 Å². The zero-order chi connectivity index (χ0) is 12.5. The van der Waals surface area contributed by atoms with Crippen molar-refractivity contribution in [2.45, 2.75) is 25.8 Å². The molecule has 1 aliphatic rings. The fourth-order valence-corrected chi connectivity index (χ4v) is 3.00. The first-order chi connectivity index (χ1) is 8.75. The Labute approximate surface area is 108 Å². The van der Waals surface area contributed by atoms with Crippen molar-refractivity contribution in [1.29, 1.82) is 0 Å². The summed E-state index contributed by atoms with van der Waals surface area (Å²) in [6.07, 6.45) is 6.11. The molecule has 3 heteroatoms. The van der Waals surface area contributed by atoms with Crippen molar-refractivity contribution in [1.82, 2.24) is 9.47 Å². The lowest BCUT2D eigenvalue weighted by atomic mass is 10.1. The van der Waals surface area contributed by atoms with Crippen LogP contribution in [0.5, 0.6) is 5.75 Å². The first-order valence-corrected chi connectivity index (χ1v) is 6.74. The molecule has 2 aromatic rings. The SMILES string of the molecule is Cn1cc(CN2CCCCC2)c2c(O)cccc21. The average Bonchev–Trinajstić information content (AvgIpc) is 2.69. The Morgan fingerprint density at radius 1 is 1.17 bits per heavy atom. The molecule has 1 fully saturated rings. The van der Waals surface area contributed by atoms with Gasteiger partial charge in [-0.05, 0) is 43.6 Å². The maximum atomic E-state index is 10.1. The summed E-state index contributed by atoms with van der Waals surface area (Å²) in [7, 11) is 2.04. The van der Waals surface area contributed by atoms with E-state index in [-0.39, 0.29) is 0 Å². The van der Waals surface area contributed by atoms with Crippen molar-refractivity contribution < 1.29 is 5.11 Å². The molecule has 0 aliphatic carbocycles. The summed E-state index contributed by atoms with van der Waals surface area (Å²) in [6, 6.07) is 5.75. The lowest BCUT2D eigenvalue weighted by Gasteiger charge is -2.26. The van der Waals surface area contributed by atoms with Gasteiger partial charge in [-0.25, -0.2) is 0 Å². The molecule has 1 aliphatic heterocycles. The van der Waals surface area contributed by atoms with Gasteiger partial charge in [0.15, 0.2) is 0 Å². The third-order valence-corrected chi connectivity index (χ3v) is 3.91. The molecule has 1 aromatic heterocycles. The highest BCUT2D eigenvalue weighted by Crippen LogP contribution is 2.30. The van der Waals surface area contributed by atoms with E-state index in [9.17, 15) is 5.11 Å². The van der Waals surface area contributed by atoms with Crippen molar-refractivity contribution in [3.8, 4) is 5.75 Å². The minimum atomic E-state index is 0.403. The molecule has 1 aromatic carbocycles. The third kappa shape index (κ3) is 1.99. The topological polar surface area (TPSA) is 28.4 Å². The Hall–Kier alpha value is -1.48. The summed E-state index contributed by atoms with van der Waals surface area (Å²) in [5, 5.41) is 11.1. The van der Waals surface area contributed by atoms with Gasteiger partial charge in [0.1, 0.15) is 5.75 Å². The Morgan fingerprint density at radius 2 is 1.94 bits per heavy atom.